The van der Waals surface area contributed by atoms with Crippen LogP contribution in [-0.4, -0.2) is 30.6 Å². The minimum absolute atomic E-state index is 0.376. The molecule has 0 amide bonds. The van der Waals surface area contributed by atoms with Gasteiger partial charge in [-0.1, -0.05) is 5.57 Å². The fourth-order valence-electron chi connectivity index (χ4n) is 3.62. The van der Waals surface area contributed by atoms with Crippen LogP contribution in [0.2, 0.25) is 0 Å². The smallest absolute Gasteiger partial charge is 0.347 e. The Bertz CT molecular complexity index is 1020. The van der Waals surface area contributed by atoms with E-state index in [9.17, 15) is 9.59 Å². The second-order valence-electron chi connectivity index (χ2n) is 7.17. The average molecular weight is 352 g/mol. The normalized spacial score (nSPS) is 16.3. The van der Waals surface area contributed by atoms with Crippen molar-refractivity contribution in [1.29, 1.82) is 0 Å². The molecule has 0 unspecified atom stereocenters. The van der Waals surface area contributed by atoms with E-state index in [1.165, 1.54) is 0 Å². The van der Waals surface area contributed by atoms with Gasteiger partial charge in [0.15, 0.2) is 0 Å². The summed E-state index contributed by atoms with van der Waals surface area (Å²) >= 11 is 0. The van der Waals surface area contributed by atoms with Crippen LogP contribution in [0, 0.1) is 6.92 Å². The van der Waals surface area contributed by atoms with Crippen molar-refractivity contribution in [2.45, 2.75) is 27.7 Å². The maximum Gasteiger partial charge on any atom is 0.347 e. The number of carbonyl (C=O) groups is 2. The summed E-state index contributed by atoms with van der Waals surface area (Å²) in [5.41, 5.74) is 6.49. The van der Waals surface area contributed by atoms with E-state index in [1.54, 1.807) is 0 Å². The van der Waals surface area contributed by atoms with Crippen molar-refractivity contribution in [3.05, 3.63) is 46.2 Å². The van der Waals surface area contributed by atoms with Crippen molar-refractivity contribution in [3.8, 4) is 0 Å². The number of ether oxygens (including phenoxy) is 1. The number of cyclic esters (lactones) is 2. The van der Waals surface area contributed by atoms with Crippen LogP contribution >= 0.6 is 0 Å². The zero-order valence-corrected chi connectivity index (χ0v) is 16.4. The standard InChI is InChI=1S/C21H24N2O3/c1-11(2)17-19(21(25)26-20(17)24)12(3)18-13(4)23(7)16-9-8-14(22(5)6)10-15(16)18/h8-10H,1-7H3/b19-12+. The second-order valence-corrected chi connectivity index (χ2v) is 7.17. The molecule has 0 radical (unpaired) electrons. The van der Waals surface area contributed by atoms with Gasteiger partial charge in [0.1, 0.15) is 0 Å². The summed E-state index contributed by atoms with van der Waals surface area (Å²) in [5, 5.41) is 1.06. The lowest BCUT2D eigenvalue weighted by Crippen LogP contribution is -2.08. The van der Waals surface area contributed by atoms with Crippen molar-refractivity contribution < 1.29 is 14.3 Å². The zero-order valence-electron chi connectivity index (χ0n) is 16.4. The molecule has 0 N–H and O–H groups in total. The van der Waals surface area contributed by atoms with Crippen LogP contribution in [-0.2, 0) is 21.4 Å². The van der Waals surface area contributed by atoms with Gasteiger partial charge in [-0.2, -0.15) is 0 Å². The van der Waals surface area contributed by atoms with Gasteiger partial charge in [0.25, 0.3) is 0 Å². The first-order valence-corrected chi connectivity index (χ1v) is 8.57. The van der Waals surface area contributed by atoms with E-state index in [-0.39, 0.29) is 0 Å². The van der Waals surface area contributed by atoms with Crippen LogP contribution in [0.25, 0.3) is 16.5 Å². The van der Waals surface area contributed by atoms with Gasteiger partial charge >= 0.3 is 11.9 Å². The molecular weight excluding hydrogens is 328 g/mol. The van der Waals surface area contributed by atoms with Crippen molar-refractivity contribution in [2.75, 3.05) is 19.0 Å². The molecule has 2 aromatic rings. The van der Waals surface area contributed by atoms with Gasteiger partial charge in [0.2, 0.25) is 0 Å². The number of nitrogens with zero attached hydrogens (tertiary/aromatic N) is 2. The molecule has 5 heteroatoms. The highest BCUT2D eigenvalue weighted by Crippen LogP contribution is 2.38. The van der Waals surface area contributed by atoms with E-state index in [0.717, 1.165) is 39.0 Å². The topological polar surface area (TPSA) is 51.5 Å². The molecule has 1 aromatic carbocycles. The van der Waals surface area contributed by atoms with Crippen LogP contribution in [0.15, 0.2) is 34.9 Å². The molecule has 2 heterocycles. The molecule has 26 heavy (non-hydrogen) atoms. The van der Waals surface area contributed by atoms with Gasteiger partial charge in [-0.05, 0) is 51.5 Å². The van der Waals surface area contributed by atoms with E-state index in [0.29, 0.717) is 11.1 Å². The number of benzene rings is 1. The van der Waals surface area contributed by atoms with Crippen LogP contribution in [0.3, 0.4) is 0 Å². The third-order valence-electron chi connectivity index (χ3n) is 5.09. The highest BCUT2D eigenvalue weighted by molar-refractivity contribution is 6.22. The molecule has 0 bridgehead atoms. The molecule has 0 spiro atoms. The molecule has 0 aliphatic carbocycles. The maximum atomic E-state index is 12.4. The Kier molecular flexibility index (Phi) is 4.26. The molecule has 5 nitrogen and oxygen atoms in total. The van der Waals surface area contributed by atoms with E-state index in [1.807, 2.05) is 53.7 Å². The predicted molar refractivity (Wildman–Crippen MR) is 104 cm³/mol. The molecule has 1 saturated heterocycles. The number of aryl methyl sites for hydroxylation is 1. The number of anilines is 1. The Morgan fingerprint density at radius 3 is 2.23 bits per heavy atom. The minimum Gasteiger partial charge on any atom is -0.386 e. The molecule has 0 atom stereocenters. The Morgan fingerprint density at radius 1 is 1.04 bits per heavy atom. The number of hydrogen-bond acceptors (Lipinski definition) is 4. The fourth-order valence-corrected chi connectivity index (χ4v) is 3.62. The summed E-state index contributed by atoms with van der Waals surface area (Å²) in [6, 6.07) is 6.27. The maximum absolute atomic E-state index is 12.4. The van der Waals surface area contributed by atoms with Crippen molar-refractivity contribution in [2.24, 2.45) is 7.05 Å². The number of carbonyl (C=O) groups excluding carboxylic acids is 2. The predicted octanol–water partition coefficient (Wildman–Crippen LogP) is 3.75. The van der Waals surface area contributed by atoms with E-state index in [2.05, 4.69) is 22.8 Å². The monoisotopic (exact) mass is 352 g/mol. The van der Waals surface area contributed by atoms with Gasteiger partial charge in [-0.3, -0.25) is 0 Å². The van der Waals surface area contributed by atoms with Gasteiger partial charge < -0.3 is 14.2 Å². The van der Waals surface area contributed by atoms with Crippen molar-refractivity contribution in [1.82, 2.24) is 4.57 Å². The first-order chi connectivity index (χ1) is 12.1. The first-order valence-electron chi connectivity index (χ1n) is 8.57. The number of rotatable bonds is 2. The number of fused-ring (bicyclic) bond motifs is 1. The highest BCUT2D eigenvalue weighted by Gasteiger charge is 2.36. The molecule has 1 aromatic heterocycles. The Balaban J connectivity index is 2.39. The fraction of sp³-hybridized carbons (Fsp3) is 0.333. The third-order valence-corrected chi connectivity index (χ3v) is 5.09. The molecule has 0 saturated carbocycles. The summed E-state index contributed by atoms with van der Waals surface area (Å²) in [6.45, 7) is 7.56. The molecule has 3 rings (SSSR count). The summed E-state index contributed by atoms with van der Waals surface area (Å²) in [5.74, 6) is -1.12. The van der Waals surface area contributed by atoms with Crippen LogP contribution in [0.5, 0.6) is 0 Å². The molecule has 1 fully saturated rings. The lowest BCUT2D eigenvalue weighted by molar-refractivity contribution is -0.149. The lowest BCUT2D eigenvalue weighted by atomic mass is 9.93. The average Bonchev–Trinajstić information content (AvgIpc) is 3.00. The molecular formula is C21H24N2O3. The molecule has 1 aliphatic rings. The van der Waals surface area contributed by atoms with Crippen LogP contribution in [0.1, 0.15) is 32.0 Å². The number of aromatic nitrogens is 1. The Hall–Kier alpha value is -2.82. The number of esters is 2. The van der Waals surface area contributed by atoms with Gasteiger partial charge in [-0.15, -0.1) is 0 Å². The van der Waals surface area contributed by atoms with E-state index in [4.69, 9.17) is 4.74 Å². The third kappa shape index (κ3) is 2.55. The summed E-state index contributed by atoms with van der Waals surface area (Å²) in [4.78, 5) is 26.6. The van der Waals surface area contributed by atoms with Crippen LogP contribution < -0.4 is 4.90 Å². The van der Waals surface area contributed by atoms with E-state index < -0.39 is 11.9 Å². The number of hydrogen-bond donors (Lipinski definition) is 0. The summed E-state index contributed by atoms with van der Waals surface area (Å²) in [7, 11) is 6.00. The van der Waals surface area contributed by atoms with E-state index >= 15 is 0 Å². The Morgan fingerprint density at radius 2 is 1.65 bits per heavy atom. The minimum atomic E-state index is -0.566. The summed E-state index contributed by atoms with van der Waals surface area (Å²) in [6.07, 6.45) is 0. The van der Waals surface area contributed by atoms with Crippen LogP contribution in [0.4, 0.5) is 5.69 Å². The molecule has 1 aliphatic heterocycles. The highest BCUT2D eigenvalue weighted by atomic mass is 16.6. The quantitative estimate of drug-likeness (QED) is 0.469. The van der Waals surface area contributed by atoms with Crippen molar-refractivity contribution in [3.63, 3.8) is 0 Å². The number of allylic oxidation sites excluding steroid dienone is 2. The summed E-state index contributed by atoms with van der Waals surface area (Å²) < 4.78 is 7.01. The Labute approximate surface area is 153 Å². The lowest BCUT2D eigenvalue weighted by Gasteiger charge is -2.13. The SMILES string of the molecule is CC(C)=C1C(=O)OC(=O)/C1=C(\C)c1c(C)n(C)c2ccc(N(C)C)cc12. The van der Waals surface area contributed by atoms with Crippen molar-refractivity contribution >= 4 is 34.1 Å². The van der Waals surface area contributed by atoms with Gasteiger partial charge in [0.05, 0.1) is 11.1 Å². The second kappa shape index (κ2) is 6.16. The van der Waals surface area contributed by atoms with Gasteiger partial charge in [-0.25, -0.2) is 9.59 Å². The molecule has 136 valence electrons. The zero-order chi connectivity index (χ0) is 19.3. The van der Waals surface area contributed by atoms with Gasteiger partial charge in [0, 0.05) is 49.0 Å². The largest absolute Gasteiger partial charge is 0.386 e. The first kappa shape index (κ1) is 18.0.